The van der Waals surface area contributed by atoms with Gasteiger partial charge in [0.25, 0.3) is 0 Å². The monoisotopic (exact) mass is 451 g/mol. The molecule has 0 radical (unpaired) electrons. The molecule has 1 N–H and O–H groups in total. The summed E-state index contributed by atoms with van der Waals surface area (Å²) in [7, 11) is 3.39. The Bertz CT molecular complexity index is 639. The van der Waals surface area contributed by atoms with E-state index in [-0.39, 0.29) is 5.82 Å². The van der Waals surface area contributed by atoms with Crippen LogP contribution in [0.2, 0.25) is 0 Å². The van der Waals surface area contributed by atoms with E-state index in [9.17, 15) is 4.39 Å². The molecule has 0 aliphatic heterocycles. The minimum absolute atomic E-state index is 0.329. The Morgan fingerprint density at radius 1 is 1.40 bits per heavy atom. The molecule has 4 nitrogen and oxygen atoms in total. The number of rotatable bonds is 4. The Balaban J connectivity index is 2.61. The van der Waals surface area contributed by atoms with Gasteiger partial charge in [-0.05, 0) is 40.8 Å². The standard InChI is InChI=1S/C13H12BrFIN3O/c1-17-13-11(16)10(6-20-2)18-12(19-13)8-5-7(15)3-4-9(8)14/h3-5H,6H2,1-2H3,(H,17,18,19). The lowest BCUT2D eigenvalue weighted by Crippen LogP contribution is -2.06. The molecule has 1 heterocycles. The fourth-order valence-corrected chi connectivity index (χ4v) is 2.77. The maximum absolute atomic E-state index is 13.4. The van der Waals surface area contributed by atoms with E-state index in [2.05, 4.69) is 53.8 Å². The lowest BCUT2D eigenvalue weighted by atomic mass is 10.2. The molecular formula is C13H12BrFIN3O. The number of halogens is 3. The fourth-order valence-electron chi connectivity index (χ4n) is 1.68. The molecule has 0 fully saturated rings. The lowest BCUT2D eigenvalue weighted by Gasteiger charge is -2.11. The Morgan fingerprint density at radius 2 is 2.15 bits per heavy atom. The molecule has 2 aromatic rings. The zero-order valence-electron chi connectivity index (χ0n) is 10.9. The summed E-state index contributed by atoms with van der Waals surface area (Å²) in [6.07, 6.45) is 0. The third kappa shape index (κ3) is 3.26. The molecule has 20 heavy (non-hydrogen) atoms. The Kier molecular flexibility index (Phi) is 5.28. The van der Waals surface area contributed by atoms with E-state index in [0.717, 1.165) is 13.7 Å². The molecule has 0 spiro atoms. The van der Waals surface area contributed by atoms with Gasteiger partial charge in [0, 0.05) is 24.2 Å². The first-order valence-corrected chi connectivity index (χ1v) is 7.62. The first kappa shape index (κ1) is 15.6. The zero-order chi connectivity index (χ0) is 14.7. The molecule has 7 heteroatoms. The second kappa shape index (κ2) is 6.77. The highest BCUT2D eigenvalue weighted by Gasteiger charge is 2.15. The molecule has 1 aromatic heterocycles. The normalized spacial score (nSPS) is 10.7. The predicted octanol–water partition coefficient (Wildman–Crippen LogP) is 3.84. The summed E-state index contributed by atoms with van der Waals surface area (Å²) in [5.74, 6) is 0.816. The average Bonchev–Trinajstić information content (AvgIpc) is 2.44. The van der Waals surface area contributed by atoms with Crippen LogP contribution in [0.3, 0.4) is 0 Å². The van der Waals surface area contributed by atoms with Gasteiger partial charge < -0.3 is 10.1 Å². The number of aromatic nitrogens is 2. The van der Waals surface area contributed by atoms with Crippen molar-refractivity contribution in [3.63, 3.8) is 0 Å². The van der Waals surface area contributed by atoms with Gasteiger partial charge in [0.2, 0.25) is 0 Å². The van der Waals surface area contributed by atoms with Crippen LogP contribution in [0.1, 0.15) is 5.69 Å². The molecule has 0 aliphatic rings. The van der Waals surface area contributed by atoms with Crippen molar-refractivity contribution in [1.29, 1.82) is 0 Å². The summed E-state index contributed by atoms with van der Waals surface area (Å²) in [5, 5.41) is 3.02. The highest BCUT2D eigenvalue weighted by atomic mass is 127. The Morgan fingerprint density at radius 3 is 2.80 bits per heavy atom. The van der Waals surface area contributed by atoms with Gasteiger partial charge >= 0.3 is 0 Å². The number of methoxy groups -OCH3 is 1. The van der Waals surface area contributed by atoms with Gasteiger partial charge in [-0.1, -0.05) is 15.9 Å². The van der Waals surface area contributed by atoms with Crippen molar-refractivity contribution >= 4 is 44.3 Å². The van der Waals surface area contributed by atoms with E-state index in [4.69, 9.17) is 4.74 Å². The van der Waals surface area contributed by atoms with Crippen LogP contribution in [0, 0.1) is 9.39 Å². The van der Waals surface area contributed by atoms with Crippen molar-refractivity contribution < 1.29 is 9.13 Å². The molecule has 0 amide bonds. The van der Waals surface area contributed by atoms with Crippen LogP contribution in [0.25, 0.3) is 11.4 Å². The van der Waals surface area contributed by atoms with Crippen LogP contribution in [-0.4, -0.2) is 24.1 Å². The Hall–Kier alpha value is -0.800. The average molecular weight is 452 g/mol. The van der Waals surface area contributed by atoms with Gasteiger partial charge in [0.1, 0.15) is 11.6 Å². The quantitative estimate of drug-likeness (QED) is 0.717. The predicted molar refractivity (Wildman–Crippen MR) is 88.1 cm³/mol. The van der Waals surface area contributed by atoms with Crippen molar-refractivity contribution in [3.8, 4) is 11.4 Å². The molecule has 106 valence electrons. The van der Waals surface area contributed by atoms with Gasteiger partial charge in [-0.15, -0.1) is 0 Å². The molecule has 0 aliphatic carbocycles. The molecule has 0 saturated carbocycles. The molecular weight excluding hydrogens is 440 g/mol. The SMILES string of the molecule is CNc1nc(-c2cc(F)ccc2Br)nc(COC)c1I. The van der Waals surface area contributed by atoms with Crippen molar-refractivity contribution in [2.45, 2.75) is 6.61 Å². The van der Waals surface area contributed by atoms with E-state index in [1.54, 1.807) is 20.2 Å². The largest absolute Gasteiger partial charge is 0.378 e. The summed E-state index contributed by atoms with van der Waals surface area (Å²) in [4.78, 5) is 8.89. The molecule has 0 bridgehead atoms. The summed E-state index contributed by atoms with van der Waals surface area (Å²) < 4.78 is 20.2. The van der Waals surface area contributed by atoms with Gasteiger partial charge in [0.05, 0.1) is 15.9 Å². The third-order valence-electron chi connectivity index (χ3n) is 2.61. The van der Waals surface area contributed by atoms with Crippen LogP contribution in [0.4, 0.5) is 10.2 Å². The summed E-state index contributed by atoms with van der Waals surface area (Å²) >= 11 is 5.56. The maximum Gasteiger partial charge on any atom is 0.163 e. The summed E-state index contributed by atoms with van der Waals surface area (Å²) in [5.41, 5.74) is 1.37. The number of hydrogen-bond acceptors (Lipinski definition) is 4. The highest BCUT2D eigenvalue weighted by Crippen LogP contribution is 2.29. The first-order chi connectivity index (χ1) is 9.56. The van der Waals surface area contributed by atoms with Crippen LogP contribution < -0.4 is 5.32 Å². The van der Waals surface area contributed by atoms with Crippen molar-refractivity contribution in [2.24, 2.45) is 0 Å². The number of nitrogens with one attached hydrogen (secondary N) is 1. The topological polar surface area (TPSA) is 47.0 Å². The molecule has 0 atom stereocenters. The number of benzene rings is 1. The van der Waals surface area contributed by atoms with Crippen molar-refractivity contribution in [2.75, 3.05) is 19.5 Å². The van der Waals surface area contributed by atoms with Gasteiger partial charge in [-0.3, -0.25) is 0 Å². The second-order valence-electron chi connectivity index (χ2n) is 3.96. The minimum atomic E-state index is -0.329. The van der Waals surface area contributed by atoms with Gasteiger partial charge in [0.15, 0.2) is 5.82 Å². The smallest absolute Gasteiger partial charge is 0.163 e. The Labute approximate surface area is 138 Å². The van der Waals surface area contributed by atoms with Gasteiger partial charge in [-0.25, -0.2) is 14.4 Å². The van der Waals surface area contributed by atoms with Crippen LogP contribution >= 0.6 is 38.5 Å². The first-order valence-electron chi connectivity index (χ1n) is 5.75. The minimum Gasteiger partial charge on any atom is -0.378 e. The number of ether oxygens (including phenoxy) is 1. The second-order valence-corrected chi connectivity index (χ2v) is 5.90. The van der Waals surface area contributed by atoms with E-state index >= 15 is 0 Å². The van der Waals surface area contributed by atoms with Crippen LogP contribution in [0.5, 0.6) is 0 Å². The zero-order valence-corrected chi connectivity index (χ0v) is 14.6. The molecule has 0 unspecified atom stereocenters. The molecule has 1 aromatic carbocycles. The van der Waals surface area contributed by atoms with E-state index in [1.807, 2.05) is 0 Å². The van der Waals surface area contributed by atoms with E-state index in [1.165, 1.54) is 12.1 Å². The van der Waals surface area contributed by atoms with Crippen LogP contribution in [-0.2, 0) is 11.3 Å². The van der Waals surface area contributed by atoms with Crippen LogP contribution in [0.15, 0.2) is 22.7 Å². The highest BCUT2D eigenvalue weighted by molar-refractivity contribution is 14.1. The van der Waals surface area contributed by atoms with Crippen molar-refractivity contribution in [3.05, 3.63) is 37.8 Å². The van der Waals surface area contributed by atoms with Crippen molar-refractivity contribution in [1.82, 2.24) is 9.97 Å². The number of anilines is 1. The van der Waals surface area contributed by atoms with Gasteiger partial charge in [-0.2, -0.15) is 0 Å². The lowest BCUT2D eigenvalue weighted by molar-refractivity contribution is 0.181. The molecule has 0 saturated heterocycles. The maximum atomic E-state index is 13.4. The number of hydrogen-bond donors (Lipinski definition) is 1. The third-order valence-corrected chi connectivity index (χ3v) is 4.43. The molecule has 2 rings (SSSR count). The number of nitrogens with zero attached hydrogens (tertiary/aromatic N) is 2. The summed E-state index contributed by atoms with van der Waals surface area (Å²) in [6.45, 7) is 0.370. The van der Waals surface area contributed by atoms with E-state index in [0.29, 0.717) is 23.8 Å². The van der Waals surface area contributed by atoms with E-state index < -0.39 is 0 Å². The summed E-state index contributed by atoms with van der Waals surface area (Å²) in [6, 6.07) is 4.43. The fraction of sp³-hybridized carbons (Fsp3) is 0.231.